The highest BCUT2D eigenvalue weighted by atomic mass is 35.5. The van der Waals surface area contributed by atoms with E-state index in [0.717, 1.165) is 11.1 Å². The van der Waals surface area contributed by atoms with Gasteiger partial charge in [-0.2, -0.15) is 0 Å². The smallest absolute Gasteiger partial charge is 0.141 e. The Labute approximate surface area is 116 Å². The Morgan fingerprint density at radius 3 is 2.39 bits per heavy atom. The molecule has 94 valence electrons. The van der Waals surface area contributed by atoms with Crippen molar-refractivity contribution in [3.05, 3.63) is 69.5 Å². The predicted molar refractivity (Wildman–Crippen MR) is 73.8 cm³/mol. The van der Waals surface area contributed by atoms with Gasteiger partial charge in [-0.25, -0.2) is 4.39 Å². The van der Waals surface area contributed by atoms with E-state index in [2.05, 4.69) is 5.32 Å². The number of halogens is 3. The first kappa shape index (κ1) is 13.3. The lowest BCUT2D eigenvalue weighted by Gasteiger charge is -2.17. The largest absolute Gasteiger partial charge is 0.309 e. The molecule has 0 aliphatic rings. The van der Waals surface area contributed by atoms with Crippen LogP contribution in [-0.4, -0.2) is 7.05 Å². The minimum absolute atomic E-state index is 0.0678. The molecule has 0 bridgehead atoms. The Hall–Kier alpha value is -1.09. The molecule has 0 amide bonds. The molecule has 2 aromatic rings. The van der Waals surface area contributed by atoms with Crippen LogP contribution in [-0.2, 0) is 0 Å². The SMILES string of the molecule is CNC(c1cccc(Cl)c1)c1ccc(F)c(Cl)c1. The van der Waals surface area contributed by atoms with Gasteiger partial charge in [-0.15, -0.1) is 0 Å². The molecule has 1 atom stereocenters. The first-order chi connectivity index (χ1) is 8.61. The monoisotopic (exact) mass is 283 g/mol. The molecule has 0 saturated carbocycles. The summed E-state index contributed by atoms with van der Waals surface area (Å²) in [5.74, 6) is -0.415. The molecule has 18 heavy (non-hydrogen) atoms. The van der Waals surface area contributed by atoms with Crippen molar-refractivity contribution >= 4 is 23.2 Å². The minimum Gasteiger partial charge on any atom is -0.309 e. The summed E-state index contributed by atoms with van der Waals surface area (Å²) in [5.41, 5.74) is 1.90. The molecule has 1 nitrogen and oxygen atoms in total. The fourth-order valence-corrected chi connectivity index (χ4v) is 2.29. The van der Waals surface area contributed by atoms with Gasteiger partial charge in [-0.3, -0.25) is 0 Å². The van der Waals surface area contributed by atoms with E-state index in [1.54, 1.807) is 12.1 Å². The van der Waals surface area contributed by atoms with Crippen molar-refractivity contribution in [3.63, 3.8) is 0 Å². The van der Waals surface area contributed by atoms with Crippen LogP contribution in [0, 0.1) is 5.82 Å². The third kappa shape index (κ3) is 2.83. The van der Waals surface area contributed by atoms with Crippen molar-refractivity contribution in [3.8, 4) is 0 Å². The average Bonchev–Trinajstić information content (AvgIpc) is 2.35. The van der Waals surface area contributed by atoms with Crippen LogP contribution in [0.4, 0.5) is 4.39 Å². The number of hydrogen-bond donors (Lipinski definition) is 1. The van der Waals surface area contributed by atoms with Crippen molar-refractivity contribution in [2.45, 2.75) is 6.04 Å². The number of nitrogens with one attached hydrogen (secondary N) is 1. The fraction of sp³-hybridized carbons (Fsp3) is 0.143. The molecule has 2 rings (SSSR count). The Bertz CT molecular complexity index is 557. The standard InChI is InChI=1S/C14H12Cl2FN/c1-18-14(9-3-2-4-11(15)7-9)10-5-6-13(17)12(16)8-10/h2-8,14,18H,1H3. The van der Waals surface area contributed by atoms with Gasteiger partial charge in [0, 0.05) is 5.02 Å². The van der Waals surface area contributed by atoms with E-state index in [0.29, 0.717) is 5.02 Å². The number of benzene rings is 2. The van der Waals surface area contributed by atoms with E-state index in [1.165, 1.54) is 6.07 Å². The topological polar surface area (TPSA) is 12.0 Å². The van der Waals surface area contributed by atoms with E-state index >= 15 is 0 Å². The molecule has 0 heterocycles. The average molecular weight is 284 g/mol. The quantitative estimate of drug-likeness (QED) is 0.878. The second kappa shape index (κ2) is 5.70. The zero-order chi connectivity index (χ0) is 13.1. The molecule has 0 radical (unpaired) electrons. The van der Waals surface area contributed by atoms with Crippen LogP contribution in [0.25, 0.3) is 0 Å². The van der Waals surface area contributed by atoms with Crippen LogP contribution in [0.2, 0.25) is 10.0 Å². The van der Waals surface area contributed by atoms with Crippen LogP contribution < -0.4 is 5.32 Å². The van der Waals surface area contributed by atoms with Gasteiger partial charge < -0.3 is 5.32 Å². The highest BCUT2D eigenvalue weighted by Crippen LogP contribution is 2.27. The number of rotatable bonds is 3. The minimum atomic E-state index is -0.415. The van der Waals surface area contributed by atoms with E-state index in [9.17, 15) is 4.39 Å². The van der Waals surface area contributed by atoms with Gasteiger partial charge in [0.2, 0.25) is 0 Å². The van der Waals surface area contributed by atoms with Crippen LogP contribution in [0.15, 0.2) is 42.5 Å². The molecule has 0 saturated heterocycles. The lowest BCUT2D eigenvalue weighted by Crippen LogP contribution is -2.17. The van der Waals surface area contributed by atoms with Gasteiger partial charge in [0.1, 0.15) is 5.82 Å². The molecular formula is C14H12Cl2FN. The molecule has 4 heteroatoms. The molecule has 0 spiro atoms. The van der Waals surface area contributed by atoms with Gasteiger partial charge in [0.05, 0.1) is 11.1 Å². The summed E-state index contributed by atoms with van der Waals surface area (Å²) in [4.78, 5) is 0. The Balaban J connectivity index is 2.42. The highest BCUT2D eigenvalue weighted by Gasteiger charge is 2.13. The molecule has 1 unspecified atom stereocenters. The molecule has 2 aromatic carbocycles. The lowest BCUT2D eigenvalue weighted by atomic mass is 9.99. The van der Waals surface area contributed by atoms with Gasteiger partial charge in [0.25, 0.3) is 0 Å². The van der Waals surface area contributed by atoms with Crippen molar-refractivity contribution in [1.82, 2.24) is 5.32 Å². The summed E-state index contributed by atoms with van der Waals surface area (Å²) in [7, 11) is 1.84. The molecule has 0 fully saturated rings. The summed E-state index contributed by atoms with van der Waals surface area (Å²) in [6, 6.07) is 12.2. The van der Waals surface area contributed by atoms with Crippen molar-refractivity contribution in [2.75, 3.05) is 7.05 Å². The molecule has 0 aliphatic heterocycles. The van der Waals surface area contributed by atoms with Crippen LogP contribution >= 0.6 is 23.2 Å². The second-order valence-electron chi connectivity index (χ2n) is 3.95. The second-order valence-corrected chi connectivity index (χ2v) is 4.79. The summed E-state index contributed by atoms with van der Waals surface area (Å²) in [6.07, 6.45) is 0. The van der Waals surface area contributed by atoms with Crippen LogP contribution in [0.3, 0.4) is 0 Å². The Morgan fingerprint density at radius 1 is 1.06 bits per heavy atom. The Morgan fingerprint density at radius 2 is 1.78 bits per heavy atom. The molecule has 0 aliphatic carbocycles. The summed E-state index contributed by atoms with van der Waals surface area (Å²) in [6.45, 7) is 0. The zero-order valence-electron chi connectivity index (χ0n) is 9.75. The molecule has 0 aromatic heterocycles. The summed E-state index contributed by atoms with van der Waals surface area (Å²) < 4.78 is 13.2. The van der Waals surface area contributed by atoms with E-state index in [4.69, 9.17) is 23.2 Å². The molecule has 1 N–H and O–H groups in total. The van der Waals surface area contributed by atoms with Crippen molar-refractivity contribution in [2.24, 2.45) is 0 Å². The highest BCUT2D eigenvalue weighted by molar-refractivity contribution is 6.31. The summed E-state index contributed by atoms with van der Waals surface area (Å²) >= 11 is 11.8. The lowest BCUT2D eigenvalue weighted by molar-refractivity contribution is 0.624. The van der Waals surface area contributed by atoms with Gasteiger partial charge in [0.15, 0.2) is 0 Å². The van der Waals surface area contributed by atoms with E-state index in [-0.39, 0.29) is 11.1 Å². The van der Waals surface area contributed by atoms with Crippen LogP contribution in [0.1, 0.15) is 17.2 Å². The van der Waals surface area contributed by atoms with Gasteiger partial charge in [-0.05, 0) is 42.4 Å². The first-order valence-corrected chi connectivity index (χ1v) is 6.25. The van der Waals surface area contributed by atoms with Gasteiger partial charge >= 0.3 is 0 Å². The number of hydrogen-bond acceptors (Lipinski definition) is 1. The Kier molecular flexibility index (Phi) is 4.23. The summed E-state index contributed by atoms with van der Waals surface area (Å²) in [5, 5.41) is 3.96. The van der Waals surface area contributed by atoms with Crippen LogP contribution in [0.5, 0.6) is 0 Å². The van der Waals surface area contributed by atoms with Gasteiger partial charge in [-0.1, -0.05) is 41.4 Å². The molecular weight excluding hydrogens is 272 g/mol. The maximum absolute atomic E-state index is 13.2. The third-order valence-electron chi connectivity index (χ3n) is 2.75. The zero-order valence-corrected chi connectivity index (χ0v) is 11.3. The van der Waals surface area contributed by atoms with E-state index < -0.39 is 5.82 Å². The maximum Gasteiger partial charge on any atom is 0.141 e. The first-order valence-electron chi connectivity index (χ1n) is 5.49. The third-order valence-corrected chi connectivity index (χ3v) is 3.27. The van der Waals surface area contributed by atoms with E-state index in [1.807, 2.05) is 31.3 Å². The fourth-order valence-electron chi connectivity index (χ4n) is 1.90. The maximum atomic E-state index is 13.2. The normalized spacial score (nSPS) is 12.4. The van der Waals surface area contributed by atoms with Crippen molar-refractivity contribution in [1.29, 1.82) is 0 Å². The predicted octanol–water partition coefficient (Wildman–Crippen LogP) is 4.44. The van der Waals surface area contributed by atoms with Crippen molar-refractivity contribution < 1.29 is 4.39 Å².